The smallest absolute Gasteiger partial charge is 0.232 e. The van der Waals surface area contributed by atoms with Gasteiger partial charge in [0.15, 0.2) is 5.96 Å². The molecule has 2 aliphatic heterocycles. The lowest BCUT2D eigenvalue weighted by Crippen LogP contribution is -2.54. The lowest BCUT2D eigenvalue weighted by atomic mass is 9.97. The van der Waals surface area contributed by atoms with Crippen LogP contribution in [0.25, 0.3) is 0 Å². The molecule has 1 amide bonds. The summed E-state index contributed by atoms with van der Waals surface area (Å²) >= 11 is 0. The van der Waals surface area contributed by atoms with Crippen LogP contribution in [-0.2, 0) is 9.53 Å². The predicted octanol–water partition coefficient (Wildman–Crippen LogP) is 1.42. The third kappa shape index (κ3) is 5.37. The van der Waals surface area contributed by atoms with Crippen molar-refractivity contribution in [1.82, 2.24) is 20.1 Å². The number of aliphatic imine (C=N–C) groups is 1. The Morgan fingerprint density at radius 1 is 1.00 bits per heavy atom. The van der Waals surface area contributed by atoms with E-state index in [1.807, 2.05) is 59.6 Å². The number of guanidine groups is 1. The van der Waals surface area contributed by atoms with Gasteiger partial charge in [-0.2, -0.15) is 0 Å². The third-order valence-corrected chi connectivity index (χ3v) is 6.05. The first-order valence-electron chi connectivity index (χ1n) is 11.3. The van der Waals surface area contributed by atoms with E-state index in [2.05, 4.69) is 25.1 Å². The number of aromatic nitrogens is 1. The number of benzene rings is 1. The Morgan fingerprint density at radius 2 is 1.72 bits per heavy atom. The van der Waals surface area contributed by atoms with Crippen LogP contribution in [-0.4, -0.2) is 92.7 Å². The van der Waals surface area contributed by atoms with Gasteiger partial charge in [0.2, 0.25) is 5.91 Å². The zero-order valence-corrected chi connectivity index (χ0v) is 18.7. The Bertz CT molecular complexity index is 878. The highest BCUT2D eigenvalue weighted by atomic mass is 16.5. The first-order valence-corrected chi connectivity index (χ1v) is 11.3. The number of hydrogen-bond acceptors (Lipinski definition) is 5. The van der Waals surface area contributed by atoms with E-state index in [-0.39, 0.29) is 11.8 Å². The topological polar surface area (TPSA) is 73.3 Å². The molecule has 32 heavy (non-hydrogen) atoms. The zero-order chi connectivity index (χ0) is 22.2. The molecule has 0 saturated carbocycles. The van der Waals surface area contributed by atoms with Crippen molar-refractivity contribution in [3.8, 4) is 0 Å². The average molecular weight is 437 g/mol. The van der Waals surface area contributed by atoms with Gasteiger partial charge in [0.05, 0.1) is 19.1 Å². The maximum Gasteiger partial charge on any atom is 0.232 e. The summed E-state index contributed by atoms with van der Waals surface area (Å²) in [6.07, 6.45) is 1.83. The molecular formula is C24H32N6O2. The molecule has 0 aliphatic carbocycles. The molecule has 8 nitrogen and oxygen atoms in total. The maximum atomic E-state index is 13.3. The van der Waals surface area contributed by atoms with E-state index < -0.39 is 0 Å². The van der Waals surface area contributed by atoms with Crippen LogP contribution in [0.5, 0.6) is 0 Å². The quantitative estimate of drug-likeness (QED) is 0.565. The lowest BCUT2D eigenvalue weighted by Gasteiger charge is -2.37. The van der Waals surface area contributed by atoms with Crippen molar-refractivity contribution in [2.24, 2.45) is 4.99 Å². The first kappa shape index (κ1) is 22.1. The van der Waals surface area contributed by atoms with Crippen LogP contribution in [0.4, 0.5) is 5.82 Å². The molecule has 2 aromatic rings. The van der Waals surface area contributed by atoms with Gasteiger partial charge in [0.25, 0.3) is 0 Å². The highest BCUT2D eigenvalue weighted by Gasteiger charge is 2.28. The van der Waals surface area contributed by atoms with Crippen molar-refractivity contribution in [2.45, 2.75) is 5.92 Å². The van der Waals surface area contributed by atoms with E-state index in [0.29, 0.717) is 32.8 Å². The molecule has 2 aliphatic rings. The summed E-state index contributed by atoms with van der Waals surface area (Å²) in [6.45, 7) is 6.46. The molecule has 4 rings (SSSR count). The van der Waals surface area contributed by atoms with Gasteiger partial charge in [-0.05, 0) is 17.7 Å². The van der Waals surface area contributed by atoms with Gasteiger partial charge >= 0.3 is 0 Å². The second-order valence-corrected chi connectivity index (χ2v) is 7.99. The number of rotatable bonds is 5. The Morgan fingerprint density at radius 3 is 2.38 bits per heavy atom. The summed E-state index contributed by atoms with van der Waals surface area (Å²) in [5, 5.41) is 3.48. The number of anilines is 1. The zero-order valence-electron chi connectivity index (χ0n) is 18.7. The molecule has 170 valence electrons. The van der Waals surface area contributed by atoms with Crippen LogP contribution in [0, 0.1) is 0 Å². The number of nitrogens with one attached hydrogen (secondary N) is 1. The second-order valence-electron chi connectivity index (χ2n) is 7.99. The summed E-state index contributed by atoms with van der Waals surface area (Å²) in [6, 6.07) is 16.0. The molecule has 0 bridgehead atoms. The molecule has 1 aromatic carbocycles. The number of piperazine rings is 1. The van der Waals surface area contributed by atoms with Gasteiger partial charge in [-0.25, -0.2) is 4.98 Å². The minimum Gasteiger partial charge on any atom is -0.378 e. The molecule has 3 heterocycles. The largest absolute Gasteiger partial charge is 0.378 e. The van der Waals surface area contributed by atoms with Crippen LogP contribution in [0.3, 0.4) is 0 Å². The van der Waals surface area contributed by atoms with E-state index in [1.54, 1.807) is 7.05 Å². The predicted molar refractivity (Wildman–Crippen MR) is 126 cm³/mol. The fourth-order valence-electron chi connectivity index (χ4n) is 4.25. The number of morpholine rings is 1. The molecule has 0 spiro atoms. The molecule has 2 saturated heterocycles. The summed E-state index contributed by atoms with van der Waals surface area (Å²) in [4.78, 5) is 28.8. The van der Waals surface area contributed by atoms with Crippen molar-refractivity contribution in [1.29, 1.82) is 0 Å². The van der Waals surface area contributed by atoms with Gasteiger partial charge in [-0.15, -0.1) is 0 Å². The van der Waals surface area contributed by atoms with Gasteiger partial charge in [0, 0.05) is 59.1 Å². The van der Waals surface area contributed by atoms with Gasteiger partial charge in [0.1, 0.15) is 5.82 Å². The molecule has 1 atom stereocenters. The molecular weight excluding hydrogens is 404 g/mol. The van der Waals surface area contributed by atoms with E-state index in [1.165, 1.54) is 0 Å². The van der Waals surface area contributed by atoms with Crippen molar-refractivity contribution < 1.29 is 9.53 Å². The van der Waals surface area contributed by atoms with Crippen LogP contribution < -0.4 is 10.2 Å². The van der Waals surface area contributed by atoms with E-state index in [4.69, 9.17) is 4.74 Å². The Labute approximate surface area is 189 Å². The molecule has 8 heteroatoms. The fraction of sp³-hybridized carbons (Fsp3) is 0.458. The van der Waals surface area contributed by atoms with Crippen molar-refractivity contribution in [3.63, 3.8) is 0 Å². The van der Waals surface area contributed by atoms with Gasteiger partial charge in [-0.1, -0.05) is 36.4 Å². The number of carbonyl (C=O) groups excluding carboxylic acids is 1. The Hall–Kier alpha value is -3.13. The second kappa shape index (κ2) is 10.9. The van der Waals surface area contributed by atoms with E-state index in [9.17, 15) is 4.79 Å². The highest BCUT2D eigenvalue weighted by molar-refractivity contribution is 5.86. The fourth-order valence-corrected chi connectivity index (χ4v) is 4.25. The molecule has 0 radical (unpaired) electrons. The number of ether oxygens (including phenoxy) is 1. The number of carbonyl (C=O) groups is 1. The van der Waals surface area contributed by atoms with E-state index >= 15 is 0 Å². The van der Waals surface area contributed by atoms with Crippen LogP contribution in [0.15, 0.2) is 59.7 Å². The normalized spacial score (nSPS) is 18.4. The van der Waals surface area contributed by atoms with Gasteiger partial charge in [-0.3, -0.25) is 9.79 Å². The number of amides is 1. The number of hydrogen-bond donors (Lipinski definition) is 1. The molecule has 1 N–H and O–H groups in total. The monoisotopic (exact) mass is 436 g/mol. The summed E-state index contributed by atoms with van der Waals surface area (Å²) in [5.74, 6) is 1.72. The van der Waals surface area contributed by atoms with Crippen LogP contribution >= 0.6 is 0 Å². The Balaban J connectivity index is 1.39. The minimum atomic E-state index is -0.263. The van der Waals surface area contributed by atoms with Gasteiger partial charge < -0.3 is 24.8 Å². The first-order chi connectivity index (χ1) is 15.8. The standard InChI is InChI=1S/C24H32N6O2/c1-25-24(30-13-11-28(12-14-30)22-9-5-6-10-26-22)27-19-21(20-7-3-2-4-8-20)23(31)29-15-17-32-18-16-29/h2-10,21H,11-19H2,1H3,(H,25,27). The molecule has 1 aromatic heterocycles. The highest BCUT2D eigenvalue weighted by Crippen LogP contribution is 2.19. The van der Waals surface area contributed by atoms with E-state index in [0.717, 1.165) is 43.5 Å². The average Bonchev–Trinajstić information content (AvgIpc) is 2.88. The van der Waals surface area contributed by atoms with Crippen molar-refractivity contribution in [2.75, 3.05) is 71.0 Å². The summed E-state index contributed by atoms with van der Waals surface area (Å²) < 4.78 is 5.43. The third-order valence-electron chi connectivity index (χ3n) is 6.05. The molecule has 2 fully saturated rings. The summed E-state index contributed by atoms with van der Waals surface area (Å²) in [7, 11) is 1.80. The maximum absolute atomic E-state index is 13.3. The summed E-state index contributed by atoms with van der Waals surface area (Å²) in [5.41, 5.74) is 1.02. The molecule has 1 unspecified atom stereocenters. The number of nitrogens with zero attached hydrogens (tertiary/aromatic N) is 5. The van der Waals surface area contributed by atoms with Crippen molar-refractivity contribution in [3.05, 3.63) is 60.3 Å². The minimum absolute atomic E-state index is 0.141. The number of pyridine rings is 1. The SMILES string of the molecule is CN=C(NCC(C(=O)N1CCOCC1)c1ccccc1)N1CCN(c2ccccn2)CC1. The van der Waals surface area contributed by atoms with Crippen molar-refractivity contribution >= 4 is 17.7 Å². The van der Waals surface area contributed by atoms with Crippen LogP contribution in [0.2, 0.25) is 0 Å². The lowest BCUT2D eigenvalue weighted by molar-refractivity contribution is -0.136. The Kier molecular flexibility index (Phi) is 7.55. The van der Waals surface area contributed by atoms with Crippen LogP contribution in [0.1, 0.15) is 11.5 Å².